The smallest absolute Gasteiger partial charge is 0.188 e. The molecule has 1 aromatic carbocycles. The van der Waals surface area contributed by atoms with Gasteiger partial charge in [-0.3, -0.25) is 4.99 Å². The van der Waals surface area contributed by atoms with E-state index in [1.165, 1.54) is 0 Å². The van der Waals surface area contributed by atoms with Crippen molar-refractivity contribution in [2.24, 2.45) is 4.99 Å². The molecule has 1 aliphatic rings. The largest absolute Gasteiger partial charge is 0.467 e. The number of ether oxygens (including phenoxy) is 2. The zero-order chi connectivity index (χ0) is 25.0. The van der Waals surface area contributed by atoms with Gasteiger partial charge in [-0.15, -0.1) is 0 Å². The topological polar surface area (TPSA) is 97.9 Å². The molecule has 2 aromatic heterocycles. The van der Waals surface area contributed by atoms with E-state index < -0.39 is 0 Å². The first-order valence-electron chi connectivity index (χ1n) is 12.1. The number of piperidine rings is 1. The highest BCUT2D eigenvalue weighted by Crippen LogP contribution is 2.34. The summed E-state index contributed by atoms with van der Waals surface area (Å²) < 4.78 is 10.9. The third-order valence-electron chi connectivity index (χ3n) is 6.05. The summed E-state index contributed by atoms with van der Waals surface area (Å²) in [5, 5.41) is 3.72. The minimum Gasteiger partial charge on any atom is -0.467 e. The van der Waals surface area contributed by atoms with Gasteiger partial charge in [0, 0.05) is 67.9 Å². The van der Waals surface area contributed by atoms with Crippen molar-refractivity contribution < 1.29 is 9.47 Å². The van der Waals surface area contributed by atoms with Crippen LogP contribution in [-0.2, 0) is 4.74 Å². The van der Waals surface area contributed by atoms with Crippen molar-refractivity contribution in [3.05, 3.63) is 42.0 Å². The Kier molecular flexibility index (Phi) is 7.52. The second-order valence-corrected chi connectivity index (χ2v) is 9.98. The number of rotatable bonds is 7. The molecule has 0 radical (unpaired) electrons. The second kappa shape index (κ2) is 10.6. The van der Waals surface area contributed by atoms with Gasteiger partial charge >= 0.3 is 0 Å². The summed E-state index contributed by atoms with van der Waals surface area (Å²) in [6.45, 7) is 8.77. The van der Waals surface area contributed by atoms with Gasteiger partial charge in [0.05, 0.1) is 16.7 Å². The molecule has 4 rings (SSSR count). The Bertz CT molecular complexity index is 1200. The van der Waals surface area contributed by atoms with Crippen LogP contribution in [0.15, 0.2) is 41.4 Å². The molecule has 3 aromatic rings. The van der Waals surface area contributed by atoms with Gasteiger partial charge in [-0.1, -0.05) is 0 Å². The van der Waals surface area contributed by atoms with E-state index >= 15 is 0 Å². The Morgan fingerprint density at radius 1 is 1.11 bits per heavy atom. The van der Waals surface area contributed by atoms with Crippen molar-refractivity contribution in [1.82, 2.24) is 15.3 Å². The minimum absolute atomic E-state index is 0.119. The van der Waals surface area contributed by atoms with E-state index in [0.717, 1.165) is 59.6 Å². The van der Waals surface area contributed by atoms with E-state index in [0.29, 0.717) is 17.5 Å². The molecule has 8 heteroatoms. The van der Waals surface area contributed by atoms with Crippen LogP contribution >= 0.6 is 0 Å². The molecule has 0 bridgehead atoms. The van der Waals surface area contributed by atoms with Gasteiger partial charge in [-0.25, -0.2) is 9.97 Å². The quantitative estimate of drug-likeness (QED) is 0.299. The maximum absolute atomic E-state index is 6.19. The Morgan fingerprint density at radius 3 is 2.51 bits per heavy atom. The number of benzene rings is 1. The third kappa shape index (κ3) is 6.07. The van der Waals surface area contributed by atoms with Gasteiger partial charge in [0.2, 0.25) is 0 Å². The van der Waals surface area contributed by atoms with Crippen LogP contribution in [-0.4, -0.2) is 61.8 Å². The van der Waals surface area contributed by atoms with Crippen LogP contribution in [0.25, 0.3) is 22.3 Å². The average molecular weight is 477 g/mol. The van der Waals surface area contributed by atoms with Gasteiger partial charge in [0.15, 0.2) is 6.79 Å². The van der Waals surface area contributed by atoms with Crippen molar-refractivity contribution in [3.8, 4) is 17.0 Å². The van der Waals surface area contributed by atoms with E-state index in [2.05, 4.69) is 42.0 Å². The molecule has 0 atom stereocenters. The maximum atomic E-state index is 6.19. The number of nitrogens with zero attached hydrogens (tertiary/aromatic N) is 4. The van der Waals surface area contributed by atoms with Crippen LogP contribution in [0.1, 0.15) is 39.2 Å². The van der Waals surface area contributed by atoms with E-state index in [-0.39, 0.29) is 12.3 Å². The number of aromatic nitrogens is 2. The Hall–Kier alpha value is -3.23. The molecule has 35 heavy (non-hydrogen) atoms. The van der Waals surface area contributed by atoms with E-state index in [1.807, 2.05) is 24.3 Å². The van der Waals surface area contributed by atoms with Crippen molar-refractivity contribution in [1.29, 1.82) is 0 Å². The number of methoxy groups -OCH3 is 1. The molecular weight excluding hydrogens is 440 g/mol. The first-order valence-corrected chi connectivity index (χ1v) is 12.1. The summed E-state index contributed by atoms with van der Waals surface area (Å²) in [5.74, 6) is 1.61. The third-order valence-corrected chi connectivity index (χ3v) is 6.05. The van der Waals surface area contributed by atoms with Gasteiger partial charge in [-0.2, -0.15) is 0 Å². The first-order chi connectivity index (χ1) is 16.8. The second-order valence-electron chi connectivity index (χ2n) is 9.98. The predicted molar refractivity (Wildman–Crippen MR) is 144 cm³/mol. The van der Waals surface area contributed by atoms with Gasteiger partial charge in [-0.05, 0) is 63.9 Å². The molecule has 0 spiro atoms. The molecule has 186 valence electrons. The SMILES string of the molecule is CN=Cc1cc(-c2ccc3nc(N4CCC(NC(C)(C)C)CC4)ccc3n2)c(OCOC)cc1N. The number of pyridine rings is 2. The first kappa shape index (κ1) is 24.9. The fourth-order valence-electron chi connectivity index (χ4n) is 4.50. The highest BCUT2D eigenvalue weighted by Gasteiger charge is 2.23. The number of hydrogen-bond acceptors (Lipinski definition) is 8. The molecule has 1 fully saturated rings. The molecule has 0 amide bonds. The van der Waals surface area contributed by atoms with Crippen LogP contribution in [0, 0.1) is 0 Å². The van der Waals surface area contributed by atoms with Crippen LogP contribution in [0.2, 0.25) is 0 Å². The van der Waals surface area contributed by atoms with Crippen molar-refractivity contribution >= 4 is 28.8 Å². The molecular formula is C27H36N6O2. The fourth-order valence-corrected chi connectivity index (χ4v) is 4.50. The van der Waals surface area contributed by atoms with Crippen LogP contribution in [0.3, 0.4) is 0 Å². The standard InChI is InChI=1S/C27H36N6O2/c1-27(2,3)32-19-10-12-33(13-11-19)26-9-8-23-24(31-26)7-6-22(30-23)20-14-18(16-29-4)21(28)15-25(20)35-17-34-5/h6-9,14-16,19,32H,10-13,17,28H2,1-5H3. The number of fused-ring (bicyclic) bond motifs is 1. The monoisotopic (exact) mass is 476 g/mol. The lowest BCUT2D eigenvalue weighted by atomic mass is 10.00. The summed E-state index contributed by atoms with van der Waals surface area (Å²) in [7, 11) is 3.30. The highest BCUT2D eigenvalue weighted by atomic mass is 16.7. The van der Waals surface area contributed by atoms with Crippen molar-refractivity contribution in [2.75, 3.05) is 44.7 Å². The number of aliphatic imine (C=N–C) groups is 1. The number of nitrogen functional groups attached to an aromatic ring is 1. The van der Waals surface area contributed by atoms with Crippen LogP contribution < -0.4 is 20.7 Å². The molecule has 8 nitrogen and oxygen atoms in total. The lowest BCUT2D eigenvalue weighted by Gasteiger charge is -2.36. The average Bonchev–Trinajstić information content (AvgIpc) is 2.83. The highest BCUT2D eigenvalue weighted by molar-refractivity contribution is 5.91. The van der Waals surface area contributed by atoms with Crippen molar-refractivity contribution in [2.45, 2.75) is 45.2 Å². The molecule has 3 N–H and O–H groups in total. The predicted octanol–water partition coefficient (Wildman–Crippen LogP) is 4.27. The van der Waals surface area contributed by atoms with Gasteiger partial charge in [0.25, 0.3) is 0 Å². The maximum Gasteiger partial charge on any atom is 0.188 e. The van der Waals surface area contributed by atoms with E-state index in [4.69, 9.17) is 25.2 Å². The minimum atomic E-state index is 0.119. The Labute approximate surface area is 207 Å². The number of anilines is 2. The van der Waals surface area contributed by atoms with E-state index in [1.54, 1.807) is 26.4 Å². The molecule has 0 unspecified atom stereocenters. The summed E-state index contributed by atoms with van der Waals surface area (Å²) in [6, 6.07) is 12.4. The molecule has 1 aliphatic heterocycles. The van der Waals surface area contributed by atoms with Gasteiger partial charge in [0.1, 0.15) is 11.6 Å². The lowest BCUT2D eigenvalue weighted by molar-refractivity contribution is 0.0516. The van der Waals surface area contributed by atoms with E-state index in [9.17, 15) is 0 Å². The number of hydrogen-bond donors (Lipinski definition) is 2. The molecule has 0 saturated carbocycles. The fraction of sp³-hybridized carbons (Fsp3) is 0.444. The van der Waals surface area contributed by atoms with Crippen LogP contribution in [0.4, 0.5) is 11.5 Å². The zero-order valence-corrected chi connectivity index (χ0v) is 21.3. The number of nitrogens with two attached hydrogens (primary N) is 1. The normalized spacial score (nSPS) is 15.3. The van der Waals surface area contributed by atoms with Crippen molar-refractivity contribution in [3.63, 3.8) is 0 Å². The van der Waals surface area contributed by atoms with Crippen LogP contribution in [0.5, 0.6) is 5.75 Å². The molecule has 3 heterocycles. The lowest BCUT2D eigenvalue weighted by Crippen LogP contribution is -2.49. The Morgan fingerprint density at radius 2 is 1.83 bits per heavy atom. The molecule has 1 saturated heterocycles. The Balaban J connectivity index is 1.59. The van der Waals surface area contributed by atoms with Gasteiger partial charge < -0.3 is 25.4 Å². The summed E-state index contributed by atoms with van der Waals surface area (Å²) in [6.07, 6.45) is 3.95. The zero-order valence-electron chi connectivity index (χ0n) is 21.3. The molecule has 0 aliphatic carbocycles. The number of nitrogens with one attached hydrogen (secondary N) is 1. The summed E-state index contributed by atoms with van der Waals surface area (Å²) in [4.78, 5) is 16.3. The summed E-state index contributed by atoms with van der Waals surface area (Å²) in [5.41, 5.74) is 11.0. The summed E-state index contributed by atoms with van der Waals surface area (Å²) >= 11 is 0.